The minimum absolute atomic E-state index is 0.0437. The molecule has 2 aromatic rings. The van der Waals surface area contributed by atoms with E-state index in [0.717, 1.165) is 11.3 Å². The van der Waals surface area contributed by atoms with E-state index in [4.69, 9.17) is 0 Å². The highest BCUT2D eigenvalue weighted by Gasteiger charge is 2.30. The Morgan fingerprint density at radius 1 is 1.57 bits per heavy atom. The van der Waals surface area contributed by atoms with E-state index in [0.29, 0.717) is 10.2 Å². The summed E-state index contributed by atoms with van der Waals surface area (Å²) >= 11 is 1.49. The van der Waals surface area contributed by atoms with Gasteiger partial charge in [-0.1, -0.05) is 20.8 Å². The molecule has 0 aromatic carbocycles. The lowest BCUT2D eigenvalue weighted by Gasteiger charge is -2.27. The summed E-state index contributed by atoms with van der Waals surface area (Å²) in [5, 5.41) is 12.5. The number of nitrogens with zero attached hydrogens (tertiary/aromatic N) is 3. The van der Waals surface area contributed by atoms with E-state index in [-0.39, 0.29) is 23.9 Å². The average molecular weight is 332 g/mol. The molecule has 2 heterocycles. The van der Waals surface area contributed by atoms with Gasteiger partial charge in [-0.05, 0) is 25.3 Å². The largest absolute Gasteiger partial charge is 0.336 e. The van der Waals surface area contributed by atoms with Crippen LogP contribution in [0.5, 0.6) is 0 Å². The van der Waals surface area contributed by atoms with Crippen LogP contribution in [-0.4, -0.2) is 21.0 Å². The standard InChI is InChI=1S/C16H20N4O2S/c1-5-11-6-12-14(23-11)18-9-20(15(12)22)7-13(21)19-16(4,8-17)10(2)3/h6,9-10H,5,7H2,1-4H3,(H,19,21). The molecule has 0 fully saturated rings. The molecule has 0 radical (unpaired) electrons. The SMILES string of the molecule is CCc1cc2c(=O)n(CC(=O)NC(C)(C#N)C(C)C)cnc2s1. The van der Waals surface area contributed by atoms with Crippen molar-refractivity contribution in [3.63, 3.8) is 0 Å². The smallest absolute Gasteiger partial charge is 0.262 e. The Hall–Kier alpha value is -2.20. The van der Waals surface area contributed by atoms with Gasteiger partial charge in [0.25, 0.3) is 5.56 Å². The Bertz CT molecular complexity index is 831. The quantitative estimate of drug-likeness (QED) is 0.908. The Morgan fingerprint density at radius 3 is 2.83 bits per heavy atom. The maximum Gasteiger partial charge on any atom is 0.262 e. The van der Waals surface area contributed by atoms with Crippen molar-refractivity contribution in [2.24, 2.45) is 5.92 Å². The number of nitrogens with one attached hydrogen (secondary N) is 1. The molecule has 122 valence electrons. The first-order valence-electron chi connectivity index (χ1n) is 7.50. The summed E-state index contributed by atoms with van der Waals surface area (Å²) < 4.78 is 1.28. The second-order valence-electron chi connectivity index (χ2n) is 5.98. The van der Waals surface area contributed by atoms with Gasteiger partial charge >= 0.3 is 0 Å². The van der Waals surface area contributed by atoms with Crippen molar-refractivity contribution in [2.45, 2.75) is 46.2 Å². The van der Waals surface area contributed by atoms with Crippen LogP contribution in [-0.2, 0) is 17.8 Å². The van der Waals surface area contributed by atoms with E-state index >= 15 is 0 Å². The average Bonchev–Trinajstić information content (AvgIpc) is 2.94. The molecule has 1 amide bonds. The molecule has 2 rings (SSSR count). The van der Waals surface area contributed by atoms with E-state index in [1.807, 2.05) is 26.8 Å². The fraction of sp³-hybridized carbons (Fsp3) is 0.500. The molecule has 0 aliphatic heterocycles. The molecule has 6 nitrogen and oxygen atoms in total. The van der Waals surface area contributed by atoms with Crippen molar-refractivity contribution >= 4 is 27.5 Å². The Kier molecular flexibility index (Phi) is 4.85. The van der Waals surface area contributed by atoms with Gasteiger partial charge in [-0.25, -0.2) is 4.98 Å². The van der Waals surface area contributed by atoms with Crippen LogP contribution in [0.1, 0.15) is 32.6 Å². The number of amides is 1. The zero-order valence-electron chi connectivity index (χ0n) is 13.7. The number of aryl methyl sites for hydroxylation is 1. The molecule has 1 unspecified atom stereocenters. The predicted molar refractivity (Wildman–Crippen MR) is 90.3 cm³/mol. The number of fused-ring (bicyclic) bond motifs is 1. The third-order valence-corrected chi connectivity index (χ3v) is 5.20. The van der Waals surface area contributed by atoms with E-state index in [2.05, 4.69) is 16.4 Å². The number of hydrogen-bond acceptors (Lipinski definition) is 5. The molecule has 0 aliphatic carbocycles. The van der Waals surface area contributed by atoms with Crippen LogP contribution in [0.25, 0.3) is 10.2 Å². The van der Waals surface area contributed by atoms with E-state index in [1.54, 1.807) is 6.92 Å². The monoisotopic (exact) mass is 332 g/mol. The Labute approximate surface area is 138 Å². The number of nitriles is 1. The summed E-state index contributed by atoms with van der Waals surface area (Å²) in [6, 6.07) is 3.95. The van der Waals surface area contributed by atoms with Crippen molar-refractivity contribution in [3.05, 3.63) is 27.6 Å². The third-order valence-electron chi connectivity index (χ3n) is 4.02. The van der Waals surface area contributed by atoms with Gasteiger partial charge in [0.1, 0.15) is 16.9 Å². The summed E-state index contributed by atoms with van der Waals surface area (Å²) in [5.74, 6) is -0.422. The van der Waals surface area contributed by atoms with Gasteiger partial charge in [0, 0.05) is 4.88 Å². The molecule has 7 heteroatoms. The molecule has 23 heavy (non-hydrogen) atoms. The summed E-state index contributed by atoms with van der Waals surface area (Å²) in [7, 11) is 0. The summed E-state index contributed by atoms with van der Waals surface area (Å²) in [6.45, 7) is 7.27. The van der Waals surface area contributed by atoms with E-state index < -0.39 is 5.54 Å². The number of hydrogen-bond donors (Lipinski definition) is 1. The van der Waals surface area contributed by atoms with Gasteiger partial charge in [-0.3, -0.25) is 14.2 Å². The first-order chi connectivity index (χ1) is 10.8. The van der Waals surface area contributed by atoms with E-state index in [1.165, 1.54) is 22.2 Å². The lowest BCUT2D eigenvalue weighted by molar-refractivity contribution is -0.123. The highest BCUT2D eigenvalue weighted by molar-refractivity contribution is 7.18. The van der Waals surface area contributed by atoms with Crippen molar-refractivity contribution in [3.8, 4) is 6.07 Å². The molecule has 0 aliphatic rings. The Balaban J connectivity index is 2.25. The second-order valence-corrected chi connectivity index (χ2v) is 7.09. The van der Waals surface area contributed by atoms with Gasteiger partial charge in [-0.15, -0.1) is 11.3 Å². The van der Waals surface area contributed by atoms with Crippen molar-refractivity contribution in [2.75, 3.05) is 0 Å². The van der Waals surface area contributed by atoms with E-state index in [9.17, 15) is 14.9 Å². The van der Waals surface area contributed by atoms with Gasteiger partial charge in [0.05, 0.1) is 17.8 Å². The highest BCUT2D eigenvalue weighted by atomic mass is 32.1. The molecule has 0 spiro atoms. The minimum Gasteiger partial charge on any atom is -0.336 e. The van der Waals surface area contributed by atoms with Crippen molar-refractivity contribution < 1.29 is 4.79 Å². The van der Waals surface area contributed by atoms with Crippen LogP contribution >= 0.6 is 11.3 Å². The molecule has 1 atom stereocenters. The van der Waals surface area contributed by atoms with Crippen molar-refractivity contribution in [1.82, 2.24) is 14.9 Å². The predicted octanol–water partition coefficient (Wildman–Crippen LogP) is 2.07. The molecule has 0 bridgehead atoms. The number of rotatable bonds is 5. The van der Waals surface area contributed by atoms with Crippen LogP contribution in [0.15, 0.2) is 17.2 Å². The van der Waals surface area contributed by atoms with Crippen LogP contribution in [0.2, 0.25) is 0 Å². The maximum atomic E-state index is 12.4. The van der Waals surface area contributed by atoms with Crippen LogP contribution in [0.3, 0.4) is 0 Å². The first-order valence-corrected chi connectivity index (χ1v) is 8.32. The van der Waals surface area contributed by atoms with Crippen LogP contribution in [0, 0.1) is 17.2 Å². The molecular weight excluding hydrogens is 312 g/mol. The lowest BCUT2D eigenvalue weighted by atomic mass is 9.90. The highest BCUT2D eigenvalue weighted by Crippen LogP contribution is 2.21. The van der Waals surface area contributed by atoms with Gasteiger partial charge < -0.3 is 5.32 Å². The number of carbonyl (C=O) groups is 1. The molecule has 1 N–H and O–H groups in total. The summed E-state index contributed by atoms with van der Waals surface area (Å²) in [4.78, 5) is 30.7. The second kappa shape index (κ2) is 6.50. The molecule has 0 saturated carbocycles. The molecule has 2 aromatic heterocycles. The van der Waals surface area contributed by atoms with Crippen LogP contribution in [0.4, 0.5) is 0 Å². The first kappa shape index (κ1) is 17.2. The Morgan fingerprint density at radius 2 is 2.26 bits per heavy atom. The molecule has 0 saturated heterocycles. The third kappa shape index (κ3) is 3.42. The lowest BCUT2D eigenvalue weighted by Crippen LogP contribution is -2.50. The minimum atomic E-state index is -0.962. The number of thiophene rings is 1. The summed E-state index contributed by atoms with van der Waals surface area (Å²) in [5.41, 5.74) is -1.19. The normalized spacial score (nSPS) is 13.7. The fourth-order valence-electron chi connectivity index (χ4n) is 2.08. The van der Waals surface area contributed by atoms with Gasteiger partial charge in [0.2, 0.25) is 5.91 Å². The number of aromatic nitrogens is 2. The topological polar surface area (TPSA) is 87.8 Å². The summed E-state index contributed by atoms with van der Waals surface area (Å²) in [6.07, 6.45) is 2.23. The maximum absolute atomic E-state index is 12.4. The van der Waals surface area contributed by atoms with Crippen LogP contribution < -0.4 is 10.9 Å². The zero-order chi connectivity index (χ0) is 17.2. The van der Waals surface area contributed by atoms with Gasteiger partial charge in [0.15, 0.2) is 0 Å². The fourth-order valence-corrected chi connectivity index (χ4v) is 3.01. The number of carbonyl (C=O) groups excluding carboxylic acids is 1. The molecular formula is C16H20N4O2S. The van der Waals surface area contributed by atoms with Crippen molar-refractivity contribution in [1.29, 1.82) is 5.26 Å². The zero-order valence-corrected chi connectivity index (χ0v) is 14.5. The van der Waals surface area contributed by atoms with Gasteiger partial charge in [-0.2, -0.15) is 5.26 Å².